The van der Waals surface area contributed by atoms with Gasteiger partial charge in [-0.05, 0) is 52.0 Å². The first-order valence-corrected chi connectivity index (χ1v) is 10.4. The maximum Gasteiger partial charge on any atom is 0.490 e. The van der Waals surface area contributed by atoms with Gasteiger partial charge >= 0.3 is 12.1 Å². The third-order valence-corrected chi connectivity index (χ3v) is 6.13. The van der Waals surface area contributed by atoms with Crippen molar-refractivity contribution in [2.75, 3.05) is 26.2 Å². The number of likely N-dealkylation sites (tertiary alicyclic amines) is 2. The van der Waals surface area contributed by atoms with Crippen molar-refractivity contribution in [2.45, 2.75) is 64.5 Å². The Morgan fingerprint density at radius 2 is 1.84 bits per heavy atom. The van der Waals surface area contributed by atoms with Gasteiger partial charge in [0.2, 0.25) is 0 Å². The highest BCUT2D eigenvalue weighted by Crippen LogP contribution is 2.35. The van der Waals surface area contributed by atoms with Gasteiger partial charge in [0.1, 0.15) is 11.9 Å². The van der Waals surface area contributed by atoms with Gasteiger partial charge in [-0.2, -0.15) is 13.2 Å². The molecule has 0 aromatic carbocycles. The van der Waals surface area contributed by atoms with Crippen LogP contribution >= 0.6 is 0 Å². The van der Waals surface area contributed by atoms with E-state index in [1.165, 1.54) is 5.56 Å². The van der Waals surface area contributed by atoms with Crippen LogP contribution in [0.25, 0.3) is 0 Å². The van der Waals surface area contributed by atoms with E-state index in [9.17, 15) is 18.0 Å². The molecule has 0 spiro atoms. The topological polar surface area (TPSA) is 96.1 Å². The van der Waals surface area contributed by atoms with Crippen molar-refractivity contribution in [1.82, 2.24) is 15.0 Å². The lowest BCUT2D eigenvalue weighted by atomic mass is 9.91. The molecule has 1 amide bonds. The van der Waals surface area contributed by atoms with E-state index in [-0.39, 0.29) is 18.1 Å². The van der Waals surface area contributed by atoms with Crippen LogP contribution in [0.1, 0.15) is 42.7 Å². The summed E-state index contributed by atoms with van der Waals surface area (Å²) in [4.78, 5) is 25.9. The number of carboxylic acid groups (broad SMARTS) is 1. The number of piperidine rings is 1. The maximum absolute atomic E-state index is 12.6. The van der Waals surface area contributed by atoms with Crippen molar-refractivity contribution in [3.8, 4) is 0 Å². The van der Waals surface area contributed by atoms with Crippen LogP contribution in [0.5, 0.6) is 0 Å². The number of nitrogens with zero attached hydrogens (tertiary/aromatic N) is 3. The molecule has 3 fully saturated rings. The number of alkyl halides is 3. The Hall–Kier alpha value is -2.14. The molecule has 4 rings (SSSR count). The van der Waals surface area contributed by atoms with Crippen molar-refractivity contribution >= 4 is 11.9 Å². The molecule has 0 saturated carbocycles. The second-order valence-electron chi connectivity index (χ2n) is 8.32. The smallest absolute Gasteiger partial charge is 0.475 e. The number of aromatic nitrogens is 1. The molecule has 1 aromatic heterocycles. The van der Waals surface area contributed by atoms with Gasteiger partial charge in [-0.25, -0.2) is 4.79 Å². The molecule has 31 heavy (non-hydrogen) atoms. The second-order valence-corrected chi connectivity index (χ2v) is 8.32. The fourth-order valence-corrected chi connectivity index (χ4v) is 4.39. The van der Waals surface area contributed by atoms with Crippen LogP contribution in [0, 0.1) is 19.8 Å². The molecule has 0 bridgehead atoms. The standard InChI is InChI=1S/C18H27N3O3.C2HF3O2/c1-12-15(13(2)24-19-12)10-20-8-5-14-9-16(23-17(14)11-20)18(22)21-6-3-4-7-21;3-2(4,5)1(6)7/h14,16-17H,3-11H2,1-2H3;(H,6,7)/t14-,16+,17-;/m0./s1. The number of fused-ring (bicyclic) bond motifs is 1. The van der Waals surface area contributed by atoms with E-state index in [0.717, 1.165) is 69.9 Å². The van der Waals surface area contributed by atoms with Crippen molar-refractivity contribution in [3.05, 3.63) is 17.0 Å². The number of hydrogen-bond acceptors (Lipinski definition) is 6. The average Bonchev–Trinajstić information content (AvgIpc) is 3.44. The molecule has 0 unspecified atom stereocenters. The van der Waals surface area contributed by atoms with Gasteiger partial charge in [-0.1, -0.05) is 5.16 Å². The Balaban J connectivity index is 0.000000339. The van der Waals surface area contributed by atoms with Gasteiger partial charge in [0, 0.05) is 31.7 Å². The first-order chi connectivity index (χ1) is 14.6. The first-order valence-electron chi connectivity index (χ1n) is 10.4. The minimum Gasteiger partial charge on any atom is -0.475 e. The van der Waals surface area contributed by atoms with E-state index in [0.29, 0.717) is 5.92 Å². The number of ether oxygens (including phenoxy) is 1. The molecule has 3 aliphatic rings. The number of amides is 1. The molecule has 0 aliphatic carbocycles. The number of aliphatic carboxylic acids is 1. The fourth-order valence-electron chi connectivity index (χ4n) is 4.39. The summed E-state index contributed by atoms with van der Waals surface area (Å²) in [6.07, 6.45) is -0.822. The zero-order valence-corrected chi connectivity index (χ0v) is 17.7. The number of aryl methyl sites for hydroxylation is 2. The predicted molar refractivity (Wildman–Crippen MR) is 102 cm³/mol. The van der Waals surface area contributed by atoms with Crippen LogP contribution in [0.3, 0.4) is 0 Å². The summed E-state index contributed by atoms with van der Waals surface area (Å²) in [5.74, 6) is -1.10. The lowest BCUT2D eigenvalue weighted by molar-refractivity contribution is -0.192. The Bertz CT molecular complexity index is 772. The second kappa shape index (κ2) is 9.56. The summed E-state index contributed by atoms with van der Waals surface area (Å²) in [7, 11) is 0. The lowest BCUT2D eigenvalue weighted by Gasteiger charge is -2.33. The van der Waals surface area contributed by atoms with Crippen molar-refractivity contribution in [3.63, 3.8) is 0 Å². The molecule has 0 radical (unpaired) electrons. The van der Waals surface area contributed by atoms with Crippen molar-refractivity contribution < 1.29 is 37.1 Å². The molecule has 8 nitrogen and oxygen atoms in total. The fraction of sp³-hybridized carbons (Fsp3) is 0.750. The number of hydrogen-bond donors (Lipinski definition) is 1. The van der Waals surface area contributed by atoms with Gasteiger partial charge in [0.25, 0.3) is 5.91 Å². The average molecular weight is 447 g/mol. The van der Waals surface area contributed by atoms with Crippen LogP contribution in [0.4, 0.5) is 13.2 Å². The van der Waals surface area contributed by atoms with Crippen LogP contribution < -0.4 is 0 Å². The number of rotatable bonds is 3. The van der Waals surface area contributed by atoms with Gasteiger partial charge < -0.3 is 19.3 Å². The molecule has 11 heteroatoms. The highest BCUT2D eigenvalue weighted by Gasteiger charge is 2.43. The highest BCUT2D eigenvalue weighted by atomic mass is 19.4. The molecular formula is C20H28F3N3O5. The van der Waals surface area contributed by atoms with E-state index in [1.54, 1.807) is 0 Å². The SMILES string of the molecule is Cc1noc(C)c1CN1CC[C@H]2C[C@H](C(=O)N3CCCC3)O[C@H]2C1.O=C(O)C(F)(F)F. The largest absolute Gasteiger partial charge is 0.490 e. The minimum atomic E-state index is -5.08. The van der Waals surface area contributed by atoms with E-state index in [1.807, 2.05) is 18.7 Å². The van der Waals surface area contributed by atoms with E-state index >= 15 is 0 Å². The minimum absolute atomic E-state index is 0.191. The molecule has 4 heterocycles. The number of carbonyl (C=O) groups excluding carboxylic acids is 1. The molecule has 3 atom stereocenters. The zero-order chi connectivity index (χ0) is 22.8. The maximum atomic E-state index is 12.6. The third kappa shape index (κ3) is 5.76. The number of halogens is 3. The molecule has 174 valence electrons. The molecule has 3 saturated heterocycles. The Labute approximate surface area is 178 Å². The Morgan fingerprint density at radius 3 is 2.39 bits per heavy atom. The summed E-state index contributed by atoms with van der Waals surface area (Å²) in [6, 6.07) is 0. The van der Waals surface area contributed by atoms with Gasteiger partial charge in [-0.15, -0.1) is 0 Å². The summed E-state index contributed by atoms with van der Waals surface area (Å²) in [5.41, 5.74) is 2.17. The normalized spacial score (nSPS) is 26.4. The van der Waals surface area contributed by atoms with E-state index in [4.69, 9.17) is 19.2 Å². The van der Waals surface area contributed by atoms with E-state index < -0.39 is 12.1 Å². The molecule has 1 aromatic rings. The summed E-state index contributed by atoms with van der Waals surface area (Å²) in [6.45, 7) is 8.60. The van der Waals surface area contributed by atoms with Crippen molar-refractivity contribution in [1.29, 1.82) is 0 Å². The van der Waals surface area contributed by atoms with E-state index in [2.05, 4.69) is 10.1 Å². The first kappa shape index (κ1) is 23.5. The number of carbonyl (C=O) groups is 2. The van der Waals surface area contributed by atoms with Crippen LogP contribution in [-0.4, -0.2) is 76.5 Å². The van der Waals surface area contributed by atoms with Crippen LogP contribution in [-0.2, 0) is 20.9 Å². The number of carboxylic acids is 1. The van der Waals surface area contributed by atoms with Crippen LogP contribution in [0.15, 0.2) is 4.52 Å². The summed E-state index contributed by atoms with van der Waals surface area (Å²) < 4.78 is 43.2. The van der Waals surface area contributed by atoms with Gasteiger partial charge in [0.05, 0.1) is 11.8 Å². The molecule has 3 aliphatic heterocycles. The van der Waals surface area contributed by atoms with Crippen LogP contribution in [0.2, 0.25) is 0 Å². The highest BCUT2D eigenvalue weighted by molar-refractivity contribution is 5.81. The summed E-state index contributed by atoms with van der Waals surface area (Å²) in [5, 5.41) is 11.2. The van der Waals surface area contributed by atoms with Crippen molar-refractivity contribution in [2.24, 2.45) is 5.92 Å². The molecular weight excluding hydrogens is 419 g/mol. The lowest BCUT2D eigenvalue weighted by Crippen LogP contribution is -2.42. The Morgan fingerprint density at radius 1 is 1.19 bits per heavy atom. The zero-order valence-electron chi connectivity index (χ0n) is 17.7. The quantitative estimate of drug-likeness (QED) is 0.761. The molecule has 1 N–H and O–H groups in total. The third-order valence-electron chi connectivity index (χ3n) is 6.13. The Kier molecular flexibility index (Phi) is 7.25. The predicted octanol–water partition coefficient (Wildman–Crippen LogP) is 2.53. The summed E-state index contributed by atoms with van der Waals surface area (Å²) >= 11 is 0. The monoisotopic (exact) mass is 447 g/mol. The van der Waals surface area contributed by atoms with Gasteiger partial charge in [-0.3, -0.25) is 9.69 Å². The van der Waals surface area contributed by atoms with Gasteiger partial charge in [0.15, 0.2) is 0 Å².